The van der Waals surface area contributed by atoms with Crippen molar-refractivity contribution in [2.45, 2.75) is 5.16 Å². The van der Waals surface area contributed by atoms with Gasteiger partial charge in [0.05, 0.1) is 0 Å². The Bertz CT molecular complexity index is 743. The van der Waals surface area contributed by atoms with Gasteiger partial charge in [-0.25, -0.2) is 0 Å². The first kappa shape index (κ1) is 14.4. The predicted molar refractivity (Wildman–Crippen MR) is 89.0 cm³/mol. The van der Waals surface area contributed by atoms with Crippen LogP contribution in [0.2, 0.25) is 0 Å². The fourth-order valence-electron chi connectivity index (χ4n) is 3.15. The average Bonchev–Trinajstić information content (AvgIpc) is 3.37. The summed E-state index contributed by atoms with van der Waals surface area (Å²) in [6.45, 7) is 0. The minimum Gasteiger partial charge on any atom is -0.253 e. The maximum absolute atomic E-state index is 13.3. The van der Waals surface area contributed by atoms with Crippen molar-refractivity contribution in [2.24, 2.45) is 0 Å². The van der Waals surface area contributed by atoms with E-state index in [1.165, 1.54) is 0 Å². The quantitative estimate of drug-likeness (QED) is 0.289. The summed E-state index contributed by atoms with van der Waals surface area (Å²) in [5.41, 5.74) is 2.66. The van der Waals surface area contributed by atoms with Gasteiger partial charge in [-0.1, -0.05) is 91.0 Å². The molecule has 1 saturated heterocycles. The highest BCUT2D eigenvalue weighted by Gasteiger charge is 2.65. The molecule has 3 aromatic rings. The number of rotatable bonds is 4. The van der Waals surface area contributed by atoms with Crippen LogP contribution in [-0.2, 0) is 19.1 Å². The van der Waals surface area contributed by atoms with Crippen LogP contribution in [0.25, 0.3) is 0 Å². The molecule has 4 rings (SSSR count). The summed E-state index contributed by atoms with van der Waals surface area (Å²) in [5.74, 6) is 0. The topological polar surface area (TPSA) is 42.1 Å². The lowest BCUT2D eigenvalue weighted by Gasteiger charge is -2.31. The van der Waals surface area contributed by atoms with Gasteiger partial charge in [-0.3, -0.25) is 4.57 Å². The van der Waals surface area contributed by atoms with Crippen LogP contribution in [0.15, 0.2) is 91.0 Å². The van der Waals surface area contributed by atoms with Gasteiger partial charge in [0, 0.05) is 0 Å². The molecule has 0 saturated carbocycles. The molecule has 3 aromatic carbocycles. The largest absolute Gasteiger partial charge is 0.404 e. The highest BCUT2D eigenvalue weighted by atomic mass is 31.2. The highest BCUT2D eigenvalue weighted by Crippen LogP contribution is 2.80. The Morgan fingerprint density at radius 2 is 0.870 bits per heavy atom. The van der Waals surface area contributed by atoms with E-state index in [0.717, 1.165) is 16.7 Å². The molecule has 0 radical (unpaired) electrons. The van der Waals surface area contributed by atoms with Gasteiger partial charge in [-0.15, -0.1) is 9.35 Å². The van der Waals surface area contributed by atoms with E-state index >= 15 is 0 Å². The zero-order valence-corrected chi connectivity index (χ0v) is 13.2. The van der Waals surface area contributed by atoms with E-state index in [0.29, 0.717) is 0 Å². The van der Waals surface area contributed by atoms with E-state index in [1.807, 2.05) is 91.0 Å². The summed E-state index contributed by atoms with van der Waals surface area (Å²) in [6.07, 6.45) is 0. The summed E-state index contributed by atoms with van der Waals surface area (Å²) >= 11 is 0. The lowest BCUT2D eigenvalue weighted by atomic mass is 9.84. The number of benzene rings is 3. The minimum absolute atomic E-state index is 0.887. The lowest BCUT2D eigenvalue weighted by molar-refractivity contribution is 0.0850. The van der Waals surface area contributed by atoms with Crippen LogP contribution in [0.1, 0.15) is 16.7 Å². The van der Waals surface area contributed by atoms with E-state index < -0.39 is 12.8 Å². The van der Waals surface area contributed by atoms with E-state index in [4.69, 9.17) is 9.35 Å². The molecule has 1 aliphatic rings. The minimum atomic E-state index is -3.32. The SMILES string of the molecule is O=P1(C(c2ccccc2)(c2ccccc2)c2ccccc2)OO1. The Balaban J connectivity index is 2.09. The maximum Gasteiger partial charge on any atom is 0.404 e. The molecule has 0 aliphatic carbocycles. The molecule has 1 fully saturated rings. The van der Waals surface area contributed by atoms with Crippen LogP contribution in [0.3, 0.4) is 0 Å². The Labute approximate surface area is 135 Å². The molecule has 0 aromatic heterocycles. The summed E-state index contributed by atoms with van der Waals surface area (Å²) in [5, 5.41) is -0.962. The summed E-state index contributed by atoms with van der Waals surface area (Å²) in [7, 11) is -3.32. The van der Waals surface area contributed by atoms with Crippen LogP contribution in [0.4, 0.5) is 0 Å². The smallest absolute Gasteiger partial charge is 0.253 e. The molecule has 0 amide bonds. The summed E-state index contributed by atoms with van der Waals surface area (Å²) in [6, 6.07) is 29.2. The zero-order valence-electron chi connectivity index (χ0n) is 12.3. The average molecular weight is 322 g/mol. The first-order valence-electron chi connectivity index (χ1n) is 7.42. The first-order chi connectivity index (χ1) is 11.3. The van der Waals surface area contributed by atoms with Gasteiger partial charge >= 0.3 is 7.60 Å². The highest BCUT2D eigenvalue weighted by molar-refractivity contribution is 7.59. The number of hydrogen-bond acceptors (Lipinski definition) is 3. The predicted octanol–water partition coefficient (Wildman–Crippen LogP) is 5.13. The molecule has 0 bridgehead atoms. The maximum atomic E-state index is 13.3. The Morgan fingerprint density at radius 1 is 0.565 bits per heavy atom. The van der Waals surface area contributed by atoms with Crippen LogP contribution < -0.4 is 0 Å². The molecule has 114 valence electrons. The van der Waals surface area contributed by atoms with Crippen molar-refractivity contribution in [1.29, 1.82) is 0 Å². The molecule has 0 N–H and O–H groups in total. The van der Waals surface area contributed by atoms with Gasteiger partial charge in [0.1, 0.15) is 0 Å². The molecule has 1 heterocycles. The standard InChI is InChI=1S/C19H15O3P/c20-23(21-22-23)19(16-10-4-1-5-11-16,17-12-6-2-7-13-17)18-14-8-3-9-15-18/h1-15H. The van der Waals surface area contributed by atoms with Crippen LogP contribution in [-0.4, -0.2) is 0 Å². The third kappa shape index (κ3) is 2.17. The van der Waals surface area contributed by atoms with Crippen LogP contribution >= 0.6 is 7.60 Å². The Kier molecular flexibility index (Phi) is 3.42. The first-order valence-corrected chi connectivity index (χ1v) is 8.96. The molecular weight excluding hydrogens is 307 g/mol. The Morgan fingerprint density at radius 3 is 1.13 bits per heavy atom. The molecule has 1 aliphatic heterocycles. The second-order valence-electron chi connectivity index (χ2n) is 5.46. The van der Waals surface area contributed by atoms with Crippen molar-refractivity contribution in [1.82, 2.24) is 0 Å². The monoisotopic (exact) mass is 322 g/mol. The van der Waals surface area contributed by atoms with Crippen molar-refractivity contribution < 1.29 is 13.9 Å². The van der Waals surface area contributed by atoms with Gasteiger partial charge in [0.25, 0.3) is 0 Å². The molecule has 0 spiro atoms. The van der Waals surface area contributed by atoms with E-state index in [-0.39, 0.29) is 0 Å². The summed E-state index contributed by atoms with van der Waals surface area (Å²) in [4.78, 5) is 0. The second kappa shape index (κ2) is 5.47. The fraction of sp³-hybridized carbons (Fsp3) is 0.0526. The fourth-order valence-corrected chi connectivity index (χ4v) is 5.02. The third-order valence-corrected chi connectivity index (χ3v) is 6.21. The second-order valence-corrected chi connectivity index (χ2v) is 7.42. The van der Waals surface area contributed by atoms with Crippen molar-refractivity contribution in [3.05, 3.63) is 108 Å². The van der Waals surface area contributed by atoms with Gasteiger partial charge in [0.2, 0.25) is 0 Å². The third-order valence-electron chi connectivity index (χ3n) is 4.20. The molecule has 4 heteroatoms. The Hall–Kier alpha value is -2.19. The van der Waals surface area contributed by atoms with Gasteiger partial charge in [-0.05, 0) is 16.7 Å². The molecule has 3 nitrogen and oxygen atoms in total. The van der Waals surface area contributed by atoms with Crippen LogP contribution in [0, 0.1) is 0 Å². The van der Waals surface area contributed by atoms with Crippen molar-refractivity contribution in [2.75, 3.05) is 0 Å². The van der Waals surface area contributed by atoms with E-state index in [9.17, 15) is 4.57 Å². The van der Waals surface area contributed by atoms with Gasteiger partial charge in [0.15, 0.2) is 5.16 Å². The van der Waals surface area contributed by atoms with Gasteiger partial charge in [-0.2, -0.15) is 0 Å². The van der Waals surface area contributed by atoms with Gasteiger partial charge < -0.3 is 0 Å². The van der Waals surface area contributed by atoms with Crippen molar-refractivity contribution >= 4 is 7.60 Å². The number of hydrogen-bond donors (Lipinski definition) is 0. The molecule has 23 heavy (non-hydrogen) atoms. The zero-order chi connectivity index (χ0) is 15.8. The molecular formula is C19H15O3P. The molecule has 0 atom stereocenters. The molecule has 0 unspecified atom stereocenters. The van der Waals surface area contributed by atoms with Crippen molar-refractivity contribution in [3.63, 3.8) is 0 Å². The van der Waals surface area contributed by atoms with E-state index in [2.05, 4.69) is 0 Å². The van der Waals surface area contributed by atoms with Crippen LogP contribution in [0.5, 0.6) is 0 Å². The lowest BCUT2D eigenvalue weighted by Crippen LogP contribution is -2.26. The normalized spacial score (nSPS) is 16.0. The summed E-state index contributed by atoms with van der Waals surface area (Å²) < 4.78 is 23.5. The van der Waals surface area contributed by atoms with E-state index in [1.54, 1.807) is 0 Å². The van der Waals surface area contributed by atoms with Crippen molar-refractivity contribution in [3.8, 4) is 0 Å².